The molecule has 4 aromatic rings. The Morgan fingerprint density at radius 2 is 1.83 bits per heavy atom. The number of carbonyl (C=O) groups is 5. The number of anilines is 1. The lowest BCUT2D eigenvalue weighted by molar-refractivity contribution is -0.136. The molecule has 0 spiro atoms. The van der Waals surface area contributed by atoms with Crippen LogP contribution in [0.2, 0.25) is 5.02 Å². The Morgan fingerprint density at radius 3 is 2.52 bits per heavy atom. The molecule has 268 valence electrons. The number of nitrogens with two attached hydrogens (primary N) is 1. The molecule has 16 heteroatoms. The van der Waals surface area contributed by atoms with Crippen LogP contribution in [-0.4, -0.2) is 56.6 Å². The van der Waals surface area contributed by atoms with Crippen LogP contribution in [0.3, 0.4) is 0 Å². The molecule has 2 saturated heterocycles. The summed E-state index contributed by atoms with van der Waals surface area (Å²) in [7, 11) is 3.07. The number of phenolic OH excluding ortho intramolecular Hbond substituents is 1. The molecule has 52 heavy (non-hydrogen) atoms. The molecule has 0 radical (unpaired) electrons. The summed E-state index contributed by atoms with van der Waals surface area (Å²) < 4.78 is 8.74. The van der Waals surface area contributed by atoms with Crippen molar-refractivity contribution in [3.8, 4) is 22.1 Å². The average Bonchev–Trinajstić information content (AvgIpc) is 3.77. The second-order valence-electron chi connectivity index (χ2n) is 13.9. The number of ether oxygens (including phenoxy) is 1. The fourth-order valence-electron chi connectivity index (χ4n) is 8.99. The van der Waals surface area contributed by atoms with E-state index in [0.29, 0.717) is 31.2 Å². The highest BCUT2D eigenvalue weighted by Gasteiger charge is 2.68. The molecule has 2 aromatic carbocycles. The lowest BCUT2D eigenvalue weighted by atomic mass is 9.51. The van der Waals surface area contributed by atoms with Crippen molar-refractivity contribution in [2.75, 3.05) is 12.0 Å². The van der Waals surface area contributed by atoms with Crippen molar-refractivity contribution in [1.82, 2.24) is 14.7 Å². The number of aromatic nitrogens is 2. The Balaban J connectivity index is 1.29. The van der Waals surface area contributed by atoms with Crippen molar-refractivity contribution in [1.29, 1.82) is 0 Å². The van der Waals surface area contributed by atoms with E-state index in [4.69, 9.17) is 27.2 Å². The van der Waals surface area contributed by atoms with E-state index in [-0.39, 0.29) is 34.6 Å². The first kappa shape index (κ1) is 35.0. The molecule has 2 aliphatic heterocycles. The molecular weight excluding hydrogens is 842 g/mol. The quantitative estimate of drug-likeness (QED) is 0.167. The summed E-state index contributed by atoms with van der Waals surface area (Å²) in [5.74, 6) is -6.36. The smallest absolute Gasteiger partial charge is 0.328 e. The number of rotatable bonds is 4. The van der Waals surface area contributed by atoms with Crippen molar-refractivity contribution in [3.63, 3.8) is 0 Å². The molecule has 2 aliphatic carbocycles. The van der Waals surface area contributed by atoms with Crippen molar-refractivity contribution in [2.45, 2.75) is 32.6 Å². The van der Waals surface area contributed by atoms with Gasteiger partial charge in [0.1, 0.15) is 11.5 Å². The number of primary amides is 1. The lowest BCUT2D eigenvalue weighted by Gasteiger charge is -2.49. The van der Waals surface area contributed by atoms with Crippen LogP contribution in [0.1, 0.15) is 36.8 Å². The number of likely N-dealkylation sites (tertiary alicyclic amines) is 1. The van der Waals surface area contributed by atoms with Gasteiger partial charge in [-0.2, -0.15) is 10.00 Å². The van der Waals surface area contributed by atoms with Gasteiger partial charge in [0.25, 0.3) is 0 Å². The SMILES string of the molecule is COc1cc([C@H]2C3=CC[C@@H]4C(=O)N(C(N)=O)C(=O)[C@@H]4[C@@H]3C[C@H]3C(=O)N(c4cc(-c5sc6ccc(Cl)cc6c5C)nn4C)C(=O)[C@@]23C)c(Br)c(Br)c1O. The van der Waals surface area contributed by atoms with E-state index in [0.717, 1.165) is 20.5 Å². The minimum atomic E-state index is -1.40. The second-order valence-corrected chi connectivity index (χ2v) is 16.9. The number of hydrogen-bond acceptors (Lipinski definition) is 9. The zero-order valence-electron chi connectivity index (χ0n) is 28.1. The highest BCUT2D eigenvalue weighted by molar-refractivity contribution is 9.13. The van der Waals surface area contributed by atoms with E-state index < -0.39 is 64.7 Å². The summed E-state index contributed by atoms with van der Waals surface area (Å²) in [6, 6.07) is 7.86. The maximum atomic E-state index is 15.1. The molecule has 8 rings (SSSR count). The minimum absolute atomic E-state index is 0.0710. The Hall–Kier alpha value is -4.05. The monoisotopic (exact) mass is 869 g/mol. The van der Waals surface area contributed by atoms with Gasteiger partial charge in [-0.3, -0.25) is 23.9 Å². The molecule has 4 heterocycles. The van der Waals surface area contributed by atoms with E-state index in [1.165, 1.54) is 28.0 Å². The van der Waals surface area contributed by atoms with Gasteiger partial charge in [0.15, 0.2) is 11.5 Å². The van der Waals surface area contributed by atoms with Crippen molar-refractivity contribution in [3.05, 3.63) is 67.1 Å². The number of aryl methyl sites for hydroxylation is 2. The van der Waals surface area contributed by atoms with E-state index >= 15 is 4.79 Å². The maximum Gasteiger partial charge on any atom is 0.328 e. The Bertz CT molecular complexity index is 2370. The van der Waals surface area contributed by atoms with Crippen molar-refractivity contribution < 1.29 is 33.8 Å². The van der Waals surface area contributed by atoms with Gasteiger partial charge in [0.05, 0.1) is 39.6 Å². The number of urea groups is 1. The second kappa shape index (κ2) is 12.0. The first-order valence-electron chi connectivity index (χ1n) is 16.3. The first-order valence-corrected chi connectivity index (χ1v) is 19.1. The highest BCUT2D eigenvalue weighted by atomic mass is 79.9. The summed E-state index contributed by atoms with van der Waals surface area (Å²) in [6.45, 7) is 3.73. The van der Waals surface area contributed by atoms with Gasteiger partial charge in [-0.05, 0) is 105 Å². The molecule has 4 aliphatic rings. The van der Waals surface area contributed by atoms with E-state index in [1.807, 2.05) is 31.2 Å². The molecular formula is C36H30Br2ClN5O7S. The molecule has 0 bridgehead atoms. The summed E-state index contributed by atoms with van der Waals surface area (Å²) >= 11 is 14.9. The molecule has 3 N–H and O–H groups in total. The third-order valence-electron chi connectivity index (χ3n) is 11.4. The Kier molecular flexibility index (Phi) is 8.07. The molecule has 6 atom stereocenters. The predicted molar refractivity (Wildman–Crippen MR) is 200 cm³/mol. The largest absolute Gasteiger partial charge is 0.503 e. The third kappa shape index (κ3) is 4.61. The van der Waals surface area contributed by atoms with E-state index in [9.17, 15) is 24.3 Å². The zero-order valence-corrected chi connectivity index (χ0v) is 32.8. The number of carbonyl (C=O) groups excluding carboxylic acids is 5. The number of halogens is 3. The van der Waals surface area contributed by atoms with Gasteiger partial charge in [-0.15, -0.1) is 11.3 Å². The van der Waals surface area contributed by atoms with Gasteiger partial charge in [-0.25, -0.2) is 9.69 Å². The van der Waals surface area contributed by atoms with Crippen LogP contribution < -0.4 is 15.4 Å². The van der Waals surface area contributed by atoms with Crippen molar-refractivity contribution in [2.24, 2.45) is 41.9 Å². The standard InChI is InChI=1S/C36H30Br2ClN5O7S/c1-13-17-9-14(39)5-8-23(17)52-30(13)21-12-24(42(3)41-21)43-32(47)20-10-18-15(6-7-16-25(18)33(48)44(31(16)46)35(40)50)26(36(20,2)34(43)49)19-11-22(51-4)29(45)28(38)27(19)37/h5-6,8-9,11-12,16,18,20,25-26,45H,7,10H2,1-4H3,(H2,40,50)/t16-,18+,20-,25-,26+,36+/m0/s1. The predicted octanol–water partition coefficient (Wildman–Crippen LogP) is 6.81. The molecule has 1 saturated carbocycles. The summed E-state index contributed by atoms with van der Waals surface area (Å²) in [5, 5.41) is 17.2. The molecule has 12 nitrogen and oxygen atoms in total. The highest BCUT2D eigenvalue weighted by Crippen LogP contribution is 2.65. The molecule has 2 aromatic heterocycles. The van der Waals surface area contributed by atoms with Gasteiger partial charge in [0, 0.05) is 33.2 Å². The zero-order chi connectivity index (χ0) is 37.3. The summed E-state index contributed by atoms with van der Waals surface area (Å²) in [5.41, 5.74) is 6.85. The van der Waals surface area contributed by atoms with E-state index in [1.54, 1.807) is 26.1 Å². The summed E-state index contributed by atoms with van der Waals surface area (Å²) in [6.07, 6.45) is 2.06. The van der Waals surface area contributed by atoms with E-state index in [2.05, 4.69) is 31.9 Å². The third-order valence-corrected chi connectivity index (χ3v) is 15.1. The minimum Gasteiger partial charge on any atom is -0.503 e. The number of hydrogen-bond donors (Lipinski definition) is 2. The van der Waals surface area contributed by atoms with Gasteiger partial charge < -0.3 is 15.6 Å². The van der Waals surface area contributed by atoms with Gasteiger partial charge in [-0.1, -0.05) is 23.3 Å². The number of fused-ring (bicyclic) bond motifs is 5. The summed E-state index contributed by atoms with van der Waals surface area (Å²) in [4.78, 5) is 71.8. The van der Waals surface area contributed by atoms with Crippen LogP contribution in [0.15, 0.2) is 50.9 Å². The van der Waals surface area contributed by atoms with Crippen LogP contribution in [0.5, 0.6) is 11.5 Å². The van der Waals surface area contributed by atoms with Crippen LogP contribution in [0, 0.1) is 36.0 Å². The number of thiophene rings is 1. The Morgan fingerprint density at radius 1 is 1.10 bits per heavy atom. The number of phenols is 1. The molecule has 0 unspecified atom stereocenters. The van der Waals surface area contributed by atoms with Gasteiger partial charge >= 0.3 is 6.03 Å². The average molecular weight is 872 g/mol. The number of imide groups is 4. The topological polar surface area (TPSA) is 165 Å². The molecule has 3 fully saturated rings. The normalized spacial score (nSPS) is 26.9. The first-order chi connectivity index (χ1) is 24.6. The van der Waals surface area contributed by atoms with Gasteiger partial charge in [0.2, 0.25) is 23.6 Å². The van der Waals surface area contributed by atoms with Crippen LogP contribution in [0.25, 0.3) is 20.7 Å². The van der Waals surface area contributed by atoms with Crippen molar-refractivity contribution >= 4 is 100 Å². The number of aromatic hydroxyl groups is 1. The number of nitrogens with zero attached hydrogens (tertiary/aromatic N) is 4. The number of amides is 6. The number of benzene rings is 2. The molecule has 6 amide bonds. The lowest BCUT2D eigenvalue weighted by Crippen LogP contribution is -2.49. The number of allylic oxidation sites excluding steroid dienone is 2. The maximum absolute atomic E-state index is 15.1. The van der Waals surface area contributed by atoms with Crippen LogP contribution in [-0.2, 0) is 26.2 Å². The fourth-order valence-corrected chi connectivity index (χ4v) is 11.3. The Labute approximate surface area is 322 Å². The fraction of sp³-hybridized carbons (Fsp3) is 0.333. The van der Waals surface area contributed by atoms with Crippen LogP contribution in [0.4, 0.5) is 10.6 Å². The van der Waals surface area contributed by atoms with Crippen LogP contribution >= 0.6 is 54.8 Å². The number of methoxy groups -OCH3 is 1.